The van der Waals surface area contributed by atoms with Crippen LogP contribution in [-0.4, -0.2) is 24.3 Å². The van der Waals surface area contributed by atoms with Gasteiger partial charge in [0.05, 0.1) is 6.42 Å². The Morgan fingerprint density at radius 3 is 2.15 bits per heavy atom. The van der Waals surface area contributed by atoms with Gasteiger partial charge in [-0.2, -0.15) is 0 Å². The van der Waals surface area contributed by atoms with Crippen LogP contribution >= 0.6 is 0 Å². The number of carbonyl (C=O) groups excluding carboxylic acids is 3. The lowest BCUT2D eigenvalue weighted by Crippen LogP contribution is -2.22. The third-order valence-electron chi connectivity index (χ3n) is 4.03. The van der Waals surface area contributed by atoms with Gasteiger partial charge in [0.15, 0.2) is 12.4 Å². The number of aryl methyl sites for hydroxylation is 3. The molecule has 2 rings (SSSR count). The van der Waals surface area contributed by atoms with E-state index >= 15 is 0 Å². The molecular formula is C21H22FNO4. The Balaban J connectivity index is 1.79. The third kappa shape index (κ3) is 6.02. The molecule has 0 aliphatic carbocycles. The van der Waals surface area contributed by atoms with Crippen molar-refractivity contribution in [3.8, 4) is 0 Å². The predicted octanol–water partition coefficient (Wildman–Crippen LogP) is 3.90. The fourth-order valence-electron chi connectivity index (χ4n) is 2.77. The van der Waals surface area contributed by atoms with Crippen molar-refractivity contribution in [2.75, 3.05) is 11.9 Å². The number of rotatable bonds is 7. The molecule has 0 aliphatic heterocycles. The largest absolute Gasteiger partial charge is 0.456 e. The molecule has 0 spiro atoms. The summed E-state index contributed by atoms with van der Waals surface area (Å²) in [5, 5.41) is 2.74. The summed E-state index contributed by atoms with van der Waals surface area (Å²) >= 11 is 0. The van der Waals surface area contributed by atoms with Crippen LogP contribution in [0.1, 0.15) is 39.9 Å². The summed E-state index contributed by atoms with van der Waals surface area (Å²) in [4.78, 5) is 35.7. The van der Waals surface area contributed by atoms with Crippen LogP contribution in [0.3, 0.4) is 0 Å². The first-order valence-electron chi connectivity index (χ1n) is 8.58. The molecule has 6 heteroatoms. The molecule has 27 heavy (non-hydrogen) atoms. The van der Waals surface area contributed by atoms with Crippen LogP contribution in [0.2, 0.25) is 0 Å². The fourth-order valence-corrected chi connectivity index (χ4v) is 2.77. The van der Waals surface area contributed by atoms with Crippen LogP contribution < -0.4 is 5.32 Å². The molecule has 0 bridgehead atoms. The average Bonchev–Trinajstić information content (AvgIpc) is 2.61. The zero-order valence-electron chi connectivity index (χ0n) is 15.6. The van der Waals surface area contributed by atoms with Gasteiger partial charge in [-0.25, -0.2) is 4.39 Å². The van der Waals surface area contributed by atoms with Crippen LogP contribution in [0.5, 0.6) is 0 Å². The van der Waals surface area contributed by atoms with E-state index in [-0.39, 0.29) is 18.6 Å². The Morgan fingerprint density at radius 2 is 1.56 bits per heavy atom. The van der Waals surface area contributed by atoms with Crippen LogP contribution in [-0.2, 0) is 14.3 Å². The van der Waals surface area contributed by atoms with Crippen molar-refractivity contribution in [3.05, 3.63) is 64.5 Å². The SMILES string of the molecule is Cc1cc(C)c(NC(=O)COC(=O)CCC(=O)c2ccc(F)cc2)c(C)c1. The minimum absolute atomic E-state index is 0.0672. The maximum atomic E-state index is 12.8. The number of halogens is 1. The molecule has 0 aliphatic rings. The smallest absolute Gasteiger partial charge is 0.306 e. The first-order chi connectivity index (χ1) is 12.8. The Labute approximate surface area is 157 Å². The topological polar surface area (TPSA) is 72.5 Å². The monoisotopic (exact) mass is 371 g/mol. The highest BCUT2D eigenvalue weighted by molar-refractivity contribution is 5.98. The van der Waals surface area contributed by atoms with Gasteiger partial charge < -0.3 is 10.1 Å². The number of esters is 1. The van der Waals surface area contributed by atoms with Crippen molar-refractivity contribution in [2.24, 2.45) is 0 Å². The second kappa shape index (κ2) is 9.07. The lowest BCUT2D eigenvalue weighted by molar-refractivity contribution is -0.147. The molecule has 5 nitrogen and oxygen atoms in total. The molecule has 2 aromatic carbocycles. The minimum Gasteiger partial charge on any atom is -0.456 e. The van der Waals surface area contributed by atoms with Crippen molar-refractivity contribution in [2.45, 2.75) is 33.6 Å². The molecule has 0 aromatic heterocycles. The van der Waals surface area contributed by atoms with Gasteiger partial charge in [-0.05, 0) is 56.2 Å². The molecular weight excluding hydrogens is 349 g/mol. The summed E-state index contributed by atoms with van der Waals surface area (Å²) < 4.78 is 17.8. The van der Waals surface area contributed by atoms with Crippen molar-refractivity contribution in [1.29, 1.82) is 0 Å². The molecule has 0 saturated carbocycles. The average molecular weight is 371 g/mol. The molecule has 1 amide bonds. The molecule has 0 heterocycles. The number of Topliss-reactive ketones (excluding diaryl/α,β-unsaturated/α-hetero) is 1. The van der Waals surface area contributed by atoms with Gasteiger partial charge >= 0.3 is 5.97 Å². The highest BCUT2D eigenvalue weighted by atomic mass is 19.1. The zero-order chi connectivity index (χ0) is 20.0. The second-order valence-corrected chi connectivity index (χ2v) is 6.41. The lowest BCUT2D eigenvalue weighted by atomic mass is 10.1. The highest BCUT2D eigenvalue weighted by Gasteiger charge is 2.13. The summed E-state index contributed by atoms with van der Waals surface area (Å²) in [6, 6.07) is 9.01. The van der Waals surface area contributed by atoms with E-state index in [4.69, 9.17) is 4.74 Å². The summed E-state index contributed by atoms with van der Waals surface area (Å²) in [6.45, 7) is 5.34. The number of anilines is 1. The van der Waals surface area contributed by atoms with Crippen molar-refractivity contribution < 1.29 is 23.5 Å². The first kappa shape index (κ1) is 20.3. The summed E-state index contributed by atoms with van der Waals surface area (Å²) in [5.41, 5.74) is 3.98. The van der Waals surface area contributed by atoms with Crippen LogP contribution in [0.25, 0.3) is 0 Å². The minimum atomic E-state index is -0.641. The Morgan fingerprint density at radius 1 is 0.963 bits per heavy atom. The van der Waals surface area contributed by atoms with Crippen LogP contribution in [0.4, 0.5) is 10.1 Å². The van der Waals surface area contributed by atoms with Crippen molar-refractivity contribution >= 4 is 23.3 Å². The highest BCUT2D eigenvalue weighted by Crippen LogP contribution is 2.21. The van der Waals surface area contributed by atoms with Gasteiger partial charge in [-0.15, -0.1) is 0 Å². The molecule has 2 aromatic rings. The normalized spacial score (nSPS) is 10.4. The number of hydrogen-bond acceptors (Lipinski definition) is 4. The fraction of sp³-hybridized carbons (Fsp3) is 0.286. The molecule has 0 radical (unpaired) electrons. The predicted molar refractivity (Wildman–Crippen MR) is 100 cm³/mol. The van der Waals surface area contributed by atoms with E-state index in [0.717, 1.165) is 16.7 Å². The van der Waals surface area contributed by atoms with E-state index in [0.29, 0.717) is 11.3 Å². The summed E-state index contributed by atoms with van der Waals surface area (Å²) in [6.07, 6.45) is -0.214. The van der Waals surface area contributed by atoms with Gasteiger partial charge in [-0.3, -0.25) is 14.4 Å². The van der Waals surface area contributed by atoms with E-state index in [1.54, 1.807) is 0 Å². The van der Waals surface area contributed by atoms with Crippen LogP contribution in [0.15, 0.2) is 36.4 Å². The number of benzene rings is 2. The number of nitrogens with one attached hydrogen (secondary N) is 1. The van der Waals surface area contributed by atoms with E-state index in [1.165, 1.54) is 24.3 Å². The Hall–Kier alpha value is -3.02. The van der Waals surface area contributed by atoms with Crippen molar-refractivity contribution in [3.63, 3.8) is 0 Å². The zero-order valence-corrected chi connectivity index (χ0v) is 15.6. The molecule has 0 saturated heterocycles. The van der Waals surface area contributed by atoms with Gasteiger partial charge in [-0.1, -0.05) is 17.7 Å². The number of ether oxygens (including phenoxy) is 1. The number of ketones is 1. The summed E-state index contributed by atoms with van der Waals surface area (Å²) in [7, 11) is 0. The number of hydrogen-bond donors (Lipinski definition) is 1. The summed E-state index contributed by atoms with van der Waals surface area (Å²) in [5.74, 6) is -1.81. The van der Waals surface area contributed by atoms with Crippen molar-refractivity contribution in [1.82, 2.24) is 0 Å². The maximum Gasteiger partial charge on any atom is 0.306 e. The molecule has 0 atom stereocenters. The molecule has 1 N–H and O–H groups in total. The van der Waals surface area contributed by atoms with E-state index < -0.39 is 24.3 Å². The third-order valence-corrected chi connectivity index (χ3v) is 4.03. The first-order valence-corrected chi connectivity index (χ1v) is 8.58. The van der Waals surface area contributed by atoms with Gasteiger partial charge in [0, 0.05) is 17.7 Å². The van der Waals surface area contributed by atoms with Gasteiger partial charge in [0.25, 0.3) is 5.91 Å². The molecule has 142 valence electrons. The Kier molecular flexibility index (Phi) is 6.82. The van der Waals surface area contributed by atoms with Gasteiger partial charge in [0.1, 0.15) is 5.82 Å². The van der Waals surface area contributed by atoms with E-state index in [9.17, 15) is 18.8 Å². The lowest BCUT2D eigenvalue weighted by Gasteiger charge is -2.13. The number of carbonyl (C=O) groups is 3. The molecule has 0 fully saturated rings. The van der Waals surface area contributed by atoms with E-state index in [1.807, 2.05) is 32.9 Å². The Bertz CT molecular complexity index is 836. The van der Waals surface area contributed by atoms with Crippen LogP contribution in [0, 0.1) is 26.6 Å². The quantitative estimate of drug-likeness (QED) is 0.592. The van der Waals surface area contributed by atoms with E-state index in [2.05, 4.69) is 5.32 Å². The van der Waals surface area contributed by atoms with Gasteiger partial charge in [0.2, 0.25) is 0 Å². The number of amides is 1. The second-order valence-electron chi connectivity index (χ2n) is 6.41. The molecule has 0 unspecified atom stereocenters. The standard InChI is InChI=1S/C21H22FNO4/c1-13-10-14(2)21(15(3)11-13)23-19(25)12-27-20(26)9-8-18(24)16-4-6-17(22)7-5-16/h4-7,10-11H,8-9,12H2,1-3H3,(H,23,25). The maximum absolute atomic E-state index is 12.8.